The molecule has 1 aromatic carbocycles. The Bertz CT molecular complexity index is 966. The van der Waals surface area contributed by atoms with Gasteiger partial charge < -0.3 is 15.1 Å². The van der Waals surface area contributed by atoms with Crippen LogP contribution < -0.4 is 10.2 Å². The van der Waals surface area contributed by atoms with E-state index in [2.05, 4.69) is 10.2 Å². The van der Waals surface area contributed by atoms with Crippen LogP contribution in [0.5, 0.6) is 0 Å². The lowest BCUT2D eigenvalue weighted by Gasteiger charge is -2.28. The molecule has 1 N–H and O–H groups in total. The summed E-state index contributed by atoms with van der Waals surface area (Å²) in [5, 5.41) is 2.97. The summed E-state index contributed by atoms with van der Waals surface area (Å²) in [5.74, 6) is -0.588. The highest BCUT2D eigenvalue weighted by Gasteiger charge is 2.42. The van der Waals surface area contributed by atoms with E-state index in [1.54, 1.807) is 18.2 Å². The Labute approximate surface area is 191 Å². The van der Waals surface area contributed by atoms with Crippen LogP contribution >= 0.6 is 0 Å². The van der Waals surface area contributed by atoms with E-state index in [-0.39, 0.29) is 23.1 Å². The number of carbonyl (C=O) groups excluding carboxylic acids is 2. The summed E-state index contributed by atoms with van der Waals surface area (Å²) in [6.07, 6.45) is 5.03. The monoisotopic (exact) mass is 462 g/mol. The predicted octanol–water partition coefficient (Wildman–Crippen LogP) is 2.66. The normalized spacial score (nSPS) is 22.2. The quantitative estimate of drug-likeness (QED) is 0.642. The molecule has 2 aliphatic heterocycles. The Morgan fingerprint density at radius 3 is 2.44 bits per heavy atom. The Hall–Kier alpha value is -2.13. The summed E-state index contributed by atoms with van der Waals surface area (Å²) in [6, 6.07) is 5.31. The molecule has 1 atom stereocenters. The molecule has 3 fully saturated rings. The van der Waals surface area contributed by atoms with Gasteiger partial charge in [-0.05, 0) is 57.7 Å². The molecule has 8 nitrogen and oxygen atoms in total. The van der Waals surface area contributed by atoms with Crippen molar-refractivity contribution in [2.75, 3.05) is 42.9 Å². The summed E-state index contributed by atoms with van der Waals surface area (Å²) in [6.45, 7) is 7.02. The first-order valence-electron chi connectivity index (χ1n) is 11.8. The second-order valence-electron chi connectivity index (χ2n) is 8.98. The molecule has 1 aliphatic carbocycles. The number of amides is 2. The van der Waals surface area contributed by atoms with E-state index in [0.29, 0.717) is 31.4 Å². The van der Waals surface area contributed by atoms with Crippen molar-refractivity contribution in [3.63, 3.8) is 0 Å². The molecule has 0 spiro atoms. The molecule has 32 heavy (non-hydrogen) atoms. The van der Waals surface area contributed by atoms with Gasteiger partial charge in [-0.1, -0.05) is 6.42 Å². The Balaban J connectivity index is 1.60. The highest BCUT2D eigenvalue weighted by molar-refractivity contribution is 7.89. The predicted molar refractivity (Wildman–Crippen MR) is 124 cm³/mol. The molecule has 1 aromatic rings. The van der Waals surface area contributed by atoms with Crippen molar-refractivity contribution in [2.45, 2.75) is 63.3 Å². The first-order chi connectivity index (χ1) is 15.3. The van der Waals surface area contributed by atoms with Crippen LogP contribution in [0.1, 0.15) is 52.4 Å². The Kier molecular flexibility index (Phi) is 6.76. The van der Waals surface area contributed by atoms with E-state index in [1.807, 2.05) is 18.7 Å². The van der Waals surface area contributed by atoms with Crippen molar-refractivity contribution in [2.24, 2.45) is 5.92 Å². The van der Waals surface area contributed by atoms with Crippen molar-refractivity contribution in [3.05, 3.63) is 18.2 Å². The van der Waals surface area contributed by atoms with Gasteiger partial charge in [-0.2, -0.15) is 4.31 Å². The Morgan fingerprint density at radius 2 is 1.81 bits per heavy atom. The number of hydrogen-bond acceptors (Lipinski definition) is 5. The standard InChI is InChI=1S/C23H34N4O4S/c1-3-25(4-2)21-11-10-19(32(30,31)26-12-6-5-7-13-26)15-20(21)24-23(29)17-14-22(28)27(16-17)18-8-9-18/h10-11,15,17-18H,3-9,12-14,16H2,1-2H3,(H,24,29). The Morgan fingerprint density at radius 1 is 1.12 bits per heavy atom. The number of nitrogens with one attached hydrogen (secondary N) is 1. The van der Waals surface area contributed by atoms with Crippen LogP contribution in [-0.4, -0.2) is 68.2 Å². The minimum Gasteiger partial charge on any atom is -0.370 e. The third-order valence-corrected chi connectivity index (χ3v) is 8.69. The summed E-state index contributed by atoms with van der Waals surface area (Å²) in [7, 11) is -3.61. The van der Waals surface area contributed by atoms with Crippen LogP contribution in [-0.2, 0) is 19.6 Å². The fraction of sp³-hybridized carbons (Fsp3) is 0.652. The number of hydrogen-bond donors (Lipinski definition) is 1. The zero-order chi connectivity index (χ0) is 22.9. The first kappa shape index (κ1) is 23.0. The fourth-order valence-electron chi connectivity index (χ4n) is 4.75. The zero-order valence-electron chi connectivity index (χ0n) is 19.0. The number of piperidine rings is 1. The summed E-state index contributed by atoms with van der Waals surface area (Å²) < 4.78 is 28.0. The average Bonchev–Trinajstić information content (AvgIpc) is 3.57. The molecular formula is C23H34N4O4S. The van der Waals surface area contributed by atoms with Crippen molar-refractivity contribution in [1.82, 2.24) is 9.21 Å². The smallest absolute Gasteiger partial charge is 0.243 e. The third kappa shape index (κ3) is 4.64. The molecule has 9 heteroatoms. The number of sulfonamides is 1. The number of rotatable bonds is 8. The van der Waals surface area contributed by atoms with Gasteiger partial charge in [-0.3, -0.25) is 9.59 Å². The SMILES string of the molecule is CCN(CC)c1ccc(S(=O)(=O)N2CCCCC2)cc1NC(=O)C1CC(=O)N(C2CC2)C1. The topological polar surface area (TPSA) is 90.0 Å². The van der Waals surface area contributed by atoms with Crippen LogP contribution in [0.25, 0.3) is 0 Å². The lowest BCUT2D eigenvalue weighted by Crippen LogP contribution is -2.35. The van der Waals surface area contributed by atoms with Gasteiger partial charge in [-0.25, -0.2) is 8.42 Å². The number of likely N-dealkylation sites (tertiary alicyclic amines) is 1. The zero-order valence-corrected chi connectivity index (χ0v) is 19.9. The molecule has 2 amide bonds. The summed E-state index contributed by atoms with van der Waals surface area (Å²) in [5.41, 5.74) is 1.29. The van der Waals surface area contributed by atoms with E-state index < -0.39 is 15.9 Å². The lowest BCUT2D eigenvalue weighted by atomic mass is 10.1. The van der Waals surface area contributed by atoms with Gasteiger partial charge in [0, 0.05) is 45.2 Å². The van der Waals surface area contributed by atoms with E-state index in [1.165, 1.54) is 4.31 Å². The molecule has 0 bridgehead atoms. The largest absolute Gasteiger partial charge is 0.370 e. The first-order valence-corrected chi connectivity index (χ1v) is 13.3. The second-order valence-corrected chi connectivity index (χ2v) is 10.9. The maximum absolute atomic E-state index is 13.2. The van der Waals surface area contributed by atoms with E-state index in [4.69, 9.17) is 0 Å². The minimum absolute atomic E-state index is 0.0399. The van der Waals surface area contributed by atoms with Crippen LogP contribution in [0.15, 0.2) is 23.1 Å². The van der Waals surface area contributed by atoms with Crippen LogP contribution in [0.2, 0.25) is 0 Å². The van der Waals surface area contributed by atoms with Gasteiger partial charge in [0.15, 0.2) is 0 Å². The minimum atomic E-state index is -3.61. The van der Waals surface area contributed by atoms with Crippen molar-refractivity contribution >= 4 is 33.2 Å². The maximum Gasteiger partial charge on any atom is 0.243 e. The number of benzene rings is 1. The van der Waals surface area contributed by atoms with Gasteiger partial charge >= 0.3 is 0 Å². The summed E-state index contributed by atoms with van der Waals surface area (Å²) in [4.78, 5) is 29.5. The fourth-order valence-corrected chi connectivity index (χ4v) is 6.30. The molecule has 0 radical (unpaired) electrons. The molecule has 2 saturated heterocycles. The lowest BCUT2D eigenvalue weighted by molar-refractivity contribution is -0.128. The van der Waals surface area contributed by atoms with Crippen LogP contribution in [0.4, 0.5) is 11.4 Å². The van der Waals surface area contributed by atoms with Gasteiger partial charge in [0.2, 0.25) is 21.8 Å². The molecule has 176 valence electrons. The maximum atomic E-state index is 13.2. The second kappa shape index (κ2) is 9.39. The molecule has 2 heterocycles. The molecule has 1 unspecified atom stereocenters. The number of carbonyl (C=O) groups is 2. The molecule has 3 aliphatic rings. The molecule has 1 saturated carbocycles. The third-order valence-electron chi connectivity index (χ3n) is 6.80. The van der Waals surface area contributed by atoms with Gasteiger partial charge in [0.1, 0.15) is 0 Å². The van der Waals surface area contributed by atoms with Crippen LogP contribution in [0.3, 0.4) is 0 Å². The van der Waals surface area contributed by atoms with Crippen molar-refractivity contribution in [3.8, 4) is 0 Å². The number of nitrogens with zero attached hydrogens (tertiary/aromatic N) is 3. The van der Waals surface area contributed by atoms with Crippen molar-refractivity contribution in [1.29, 1.82) is 0 Å². The molecule has 0 aromatic heterocycles. The van der Waals surface area contributed by atoms with Gasteiger partial charge in [-0.15, -0.1) is 0 Å². The van der Waals surface area contributed by atoms with Crippen LogP contribution in [0, 0.1) is 5.92 Å². The van der Waals surface area contributed by atoms with Crippen molar-refractivity contribution < 1.29 is 18.0 Å². The van der Waals surface area contributed by atoms with Gasteiger partial charge in [0.25, 0.3) is 0 Å². The number of anilines is 2. The highest BCUT2D eigenvalue weighted by Crippen LogP contribution is 2.35. The average molecular weight is 463 g/mol. The van der Waals surface area contributed by atoms with E-state index in [0.717, 1.165) is 50.9 Å². The molecule has 4 rings (SSSR count). The molecular weight excluding hydrogens is 428 g/mol. The van der Waals surface area contributed by atoms with Gasteiger partial charge in [0.05, 0.1) is 22.2 Å². The summed E-state index contributed by atoms with van der Waals surface area (Å²) >= 11 is 0. The van der Waals surface area contributed by atoms with E-state index in [9.17, 15) is 18.0 Å². The highest BCUT2D eigenvalue weighted by atomic mass is 32.2. The van der Waals surface area contributed by atoms with E-state index >= 15 is 0 Å².